The first-order valence-corrected chi connectivity index (χ1v) is 8.16. The lowest BCUT2D eigenvalue weighted by Crippen LogP contribution is -2.30. The van der Waals surface area contributed by atoms with Crippen LogP contribution in [0.15, 0.2) is 36.4 Å². The molecule has 0 aliphatic heterocycles. The van der Waals surface area contributed by atoms with Crippen LogP contribution in [0.25, 0.3) is 0 Å². The van der Waals surface area contributed by atoms with E-state index in [0.717, 1.165) is 0 Å². The van der Waals surface area contributed by atoms with Gasteiger partial charge in [-0.1, -0.05) is 17.7 Å². The first-order valence-electron chi connectivity index (χ1n) is 7.78. The van der Waals surface area contributed by atoms with E-state index in [1.165, 1.54) is 31.2 Å². The first kappa shape index (κ1) is 21.5. The Balaban J connectivity index is 2.35. The molecule has 0 aliphatic rings. The molecule has 2 aromatic carbocycles. The fourth-order valence-electron chi connectivity index (χ4n) is 2.16. The number of carbonyl (C=O) groups excluding carboxylic acids is 1. The van der Waals surface area contributed by atoms with Crippen LogP contribution in [0.3, 0.4) is 0 Å². The molecular weight excluding hydrogens is 405 g/mol. The highest BCUT2D eigenvalue weighted by Crippen LogP contribution is 2.42. The van der Waals surface area contributed by atoms with Gasteiger partial charge in [0, 0.05) is 24.2 Å². The Morgan fingerprint density at radius 1 is 1.36 bits per heavy atom. The number of aliphatic hydroxyl groups is 1. The number of hydrogen-bond acceptors (Lipinski definition) is 5. The van der Waals surface area contributed by atoms with Crippen molar-refractivity contribution in [3.8, 4) is 11.5 Å². The zero-order chi connectivity index (χ0) is 21.1. The van der Waals surface area contributed by atoms with Crippen LogP contribution in [-0.4, -0.2) is 28.6 Å². The van der Waals surface area contributed by atoms with Crippen molar-refractivity contribution in [2.75, 3.05) is 6.54 Å². The quantitative estimate of drug-likeness (QED) is 0.541. The largest absolute Gasteiger partial charge is 0.450 e. The zero-order valence-corrected chi connectivity index (χ0v) is 15.0. The number of halogens is 4. The minimum absolute atomic E-state index is 0.00387. The Labute approximate surface area is 161 Å². The van der Waals surface area contributed by atoms with Crippen molar-refractivity contribution in [2.45, 2.75) is 19.2 Å². The standard InChI is InChI=1S/C17H14ClF3N2O5/c1-9(24)8-22-16(25)10-3-2-4-11(5-10)28-15-7-13(18)12(17(19,20)21)6-14(15)23(26)27/h2-7,9,24H,8H2,1H3,(H,22,25). The smallest absolute Gasteiger partial charge is 0.418 e. The van der Waals surface area contributed by atoms with Crippen LogP contribution in [0.1, 0.15) is 22.8 Å². The number of hydrogen-bond donors (Lipinski definition) is 2. The lowest BCUT2D eigenvalue weighted by atomic mass is 10.1. The number of nitrogens with zero attached hydrogens (tertiary/aromatic N) is 1. The van der Waals surface area contributed by atoms with Gasteiger partial charge in [-0.05, 0) is 25.1 Å². The number of rotatable bonds is 6. The van der Waals surface area contributed by atoms with Gasteiger partial charge in [-0.3, -0.25) is 14.9 Å². The Morgan fingerprint density at radius 3 is 2.61 bits per heavy atom. The summed E-state index contributed by atoms with van der Waals surface area (Å²) in [7, 11) is 0. The Morgan fingerprint density at radius 2 is 2.04 bits per heavy atom. The predicted octanol–water partition coefficient (Wildman–Crippen LogP) is 4.17. The van der Waals surface area contributed by atoms with Crippen LogP contribution in [0.2, 0.25) is 5.02 Å². The van der Waals surface area contributed by atoms with Crippen molar-refractivity contribution in [1.29, 1.82) is 0 Å². The molecule has 0 spiro atoms. The van der Waals surface area contributed by atoms with Gasteiger partial charge in [0.1, 0.15) is 5.75 Å². The highest BCUT2D eigenvalue weighted by Gasteiger charge is 2.36. The Kier molecular flexibility index (Phi) is 6.47. The van der Waals surface area contributed by atoms with Crippen LogP contribution < -0.4 is 10.1 Å². The van der Waals surface area contributed by atoms with Gasteiger partial charge in [-0.2, -0.15) is 13.2 Å². The van der Waals surface area contributed by atoms with Crippen molar-refractivity contribution in [1.82, 2.24) is 5.32 Å². The average molecular weight is 419 g/mol. The summed E-state index contributed by atoms with van der Waals surface area (Å²) in [4.78, 5) is 22.1. The van der Waals surface area contributed by atoms with Crippen molar-refractivity contribution < 1.29 is 32.7 Å². The van der Waals surface area contributed by atoms with E-state index in [1.54, 1.807) is 0 Å². The number of alkyl halides is 3. The highest BCUT2D eigenvalue weighted by molar-refractivity contribution is 6.31. The number of aliphatic hydroxyl groups excluding tert-OH is 1. The summed E-state index contributed by atoms with van der Waals surface area (Å²) < 4.78 is 44.0. The summed E-state index contributed by atoms with van der Waals surface area (Å²) >= 11 is 5.60. The van der Waals surface area contributed by atoms with E-state index >= 15 is 0 Å². The van der Waals surface area contributed by atoms with E-state index in [9.17, 15) is 33.2 Å². The maximum Gasteiger partial charge on any atom is 0.418 e. The van der Waals surface area contributed by atoms with Gasteiger partial charge in [-0.15, -0.1) is 0 Å². The number of nitrogens with one attached hydrogen (secondary N) is 1. The molecule has 0 fully saturated rings. The van der Waals surface area contributed by atoms with Crippen LogP contribution in [0.4, 0.5) is 18.9 Å². The Hall–Kier alpha value is -2.85. The average Bonchev–Trinajstić information content (AvgIpc) is 2.58. The van der Waals surface area contributed by atoms with E-state index in [-0.39, 0.29) is 23.9 Å². The van der Waals surface area contributed by atoms with Crippen molar-refractivity contribution in [3.63, 3.8) is 0 Å². The van der Waals surface area contributed by atoms with Gasteiger partial charge in [0.05, 0.1) is 21.6 Å². The summed E-state index contributed by atoms with van der Waals surface area (Å²) in [5.74, 6) is -1.07. The molecule has 0 heterocycles. The topological polar surface area (TPSA) is 102 Å². The van der Waals surface area contributed by atoms with Gasteiger partial charge in [-0.25, -0.2) is 0 Å². The molecule has 0 aliphatic carbocycles. The number of benzene rings is 2. The van der Waals surface area contributed by atoms with Gasteiger partial charge < -0.3 is 15.2 Å². The van der Waals surface area contributed by atoms with E-state index in [0.29, 0.717) is 6.07 Å². The molecule has 2 aromatic rings. The van der Waals surface area contributed by atoms with Crippen molar-refractivity contribution in [3.05, 3.63) is 62.7 Å². The second kappa shape index (κ2) is 8.44. The third-order valence-electron chi connectivity index (χ3n) is 3.43. The minimum atomic E-state index is -4.87. The van der Waals surface area contributed by atoms with Crippen LogP contribution in [-0.2, 0) is 6.18 Å². The number of nitro benzene ring substituents is 1. The molecule has 1 unspecified atom stereocenters. The van der Waals surface area contributed by atoms with Crippen molar-refractivity contribution in [2.24, 2.45) is 0 Å². The number of nitro groups is 1. The molecule has 0 radical (unpaired) electrons. The fourth-order valence-corrected chi connectivity index (χ4v) is 2.42. The molecule has 7 nitrogen and oxygen atoms in total. The molecule has 1 atom stereocenters. The summed E-state index contributed by atoms with van der Waals surface area (Å²) in [5.41, 5.74) is -2.17. The van der Waals surface area contributed by atoms with Crippen molar-refractivity contribution >= 4 is 23.2 Å². The molecule has 0 aromatic heterocycles. The number of carbonyl (C=O) groups is 1. The van der Waals surface area contributed by atoms with E-state index in [4.69, 9.17) is 16.3 Å². The minimum Gasteiger partial charge on any atom is -0.450 e. The lowest BCUT2D eigenvalue weighted by molar-refractivity contribution is -0.385. The number of ether oxygens (including phenoxy) is 1. The van der Waals surface area contributed by atoms with Gasteiger partial charge in [0.15, 0.2) is 0 Å². The van der Waals surface area contributed by atoms with E-state index < -0.39 is 45.1 Å². The third kappa shape index (κ3) is 5.33. The summed E-state index contributed by atoms with van der Waals surface area (Å²) in [6.45, 7) is 1.48. The predicted molar refractivity (Wildman–Crippen MR) is 93.6 cm³/mol. The normalized spacial score (nSPS) is 12.4. The molecule has 0 bridgehead atoms. The molecule has 0 saturated carbocycles. The second-order valence-corrected chi connectivity index (χ2v) is 6.15. The van der Waals surface area contributed by atoms with E-state index in [2.05, 4.69) is 5.32 Å². The molecule has 11 heteroatoms. The Bertz CT molecular complexity index is 903. The fraction of sp³-hybridized carbons (Fsp3) is 0.235. The highest BCUT2D eigenvalue weighted by atomic mass is 35.5. The number of amides is 1. The SMILES string of the molecule is CC(O)CNC(=O)c1cccc(Oc2cc(Cl)c(C(F)(F)F)cc2[N+](=O)[O-])c1. The molecule has 2 N–H and O–H groups in total. The van der Waals surface area contributed by atoms with E-state index in [1.807, 2.05) is 0 Å². The molecule has 1 amide bonds. The summed E-state index contributed by atoms with van der Waals surface area (Å²) in [5, 5.41) is 22.0. The first-order chi connectivity index (χ1) is 13.0. The maximum absolute atomic E-state index is 12.9. The van der Waals surface area contributed by atoms with Crippen LogP contribution in [0, 0.1) is 10.1 Å². The zero-order valence-electron chi connectivity index (χ0n) is 14.3. The van der Waals surface area contributed by atoms with Crippen LogP contribution >= 0.6 is 11.6 Å². The third-order valence-corrected chi connectivity index (χ3v) is 3.75. The lowest BCUT2D eigenvalue weighted by Gasteiger charge is -2.12. The second-order valence-electron chi connectivity index (χ2n) is 5.74. The molecule has 0 saturated heterocycles. The van der Waals surface area contributed by atoms with Crippen LogP contribution in [0.5, 0.6) is 11.5 Å². The van der Waals surface area contributed by atoms with Gasteiger partial charge >= 0.3 is 11.9 Å². The monoisotopic (exact) mass is 418 g/mol. The maximum atomic E-state index is 12.9. The molecule has 2 rings (SSSR count). The molecule has 150 valence electrons. The van der Waals surface area contributed by atoms with Gasteiger partial charge in [0.2, 0.25) is 5.75 Å². The summed E-state index contributed by atoms with van der Waals surface area (Å²) in [6.07, 6.45) is -5.64. The molecular formula is C17H14ClF3N2O5. The summed E-state index contributed by atoms with van der Waals surface area (Å²) in [6, 6.07) is 6.44. The van der Waals surface area contributed by atoms with Gasteiger partial charge in [0.25, 0.3) is 5.91 Å². The molecule has 28 heavy (non-hydrogen) atoms.